The molecule has 0 aliphatic carbocycles. The highest BCUT2D eigenvalue weighted by molar-refractivity contribution is 5.91. The van der Waals surface area contributed by atoms with E-state index in [4.69, 9.17) is 5.73 Å². The highest BCUT2D eigenvalue weighted by atomic mass is 16.2. The van der Waals surface area contributed by atoms with Crippen molar-refractivity contribution in [2.75, 3.05) is 20.1 Å². The van der Waals surface area contributed by atoms with Crippen LogP contribution in [0.4, 0.5) is 0 Å². The van der Waals surface area contributed by atoms with Crippen LogP contribution in [0.2, 0.25) is 0 Å². The molecule has 0 atom stereocenters. The van der Waals surface area contributed by atoms with E-state index in [0.29, 0.717) is 18.8 Å². The monoisotopic (exact) mass is 238 g/mol. The Morgan fingerprint density at radius 3 is 2.94 bits per heavy atom. The van der Waals surface area contributed by atoms with Crippen molar-refractivity contribution in [1.82, 2.24) is 14.5 Å². The van der Waals surface area contributed by atoms with Gasteiger partial charge in [0.2, 0.25) is 0 Å². The van der Waals surface area contributed by atoms with Gasteiger partial charge < -0.3 is 15.2 Å². The standard InChI is InChI=1S/C12H22N4O/c1-3-4-5-7-15(2)12(17)11-9-16(8-6-13)10-14-11/h9-10H,3-8,13H2,1-2H3. The number of hydrogen-bond donors (Lipinski definition) is 1. The number of nitrogens with two attached hydrogens (primary N) is 1. The van der Waals surface area contributed by atoms with Gasteiger partial charge in [0.1, 0.15) is 5.69 Å². The van der Waals surface area contributed by atoms with Crippen molar-refractivity contribution < 1.29 is 4.79 Å². The largest absolute Gasteiger partial charge is 0.340 e. The minimum atomic E-state index is -0.0168. The van der Waals surface area contributed by atoms with Crippen LogP contribution < -0.4 is 5.73 Å². The molecule has 1 amide bonds. The molecule has 0 saturated carbocycles. The maximum atomic E-state index is 12.0. The third-order valence-electron chi connectivity index (χ3n) is 2.68. The van der Waals surface area contributed by atoms with E-state index in [1.807, 2.05) is 11.6 Å². The average Bonchev–Trinajstić information content (AvgIpc) is 2.77. The Kier molecular flexibility index (Phi) is 5.69. The first-order chi connectivity index (χ1) is 8.19. The van der Waals surface area contributed by atoms with Gasteiger partial charge in [-0.15, -0.1) is 0 Å². The van der Waals surface area contributed by atoms with Crippen LogP contribution in [-0.4, -0.2) is 40.5 Å². The second-order valence-electron chi connectivity index (χ2n) is 4.22. The van der Waals surface area contributed by atoms with E-state index in [0.717, 1.165) is 25.8 Å². The van der Waals surface area contributed by atoms with Gasteiger partial charge in [0.25, 0.3) is 5.91 Å². The summed E-state index contributed by atoms with van der Waals surface area (Å²) in [6, 6.07) is 0. The Morgan fingerprint density at radius 1 is 1.53 bits per heavy atom. The molecule has 96 valence electrons. The van der Waals surface area contributed by atoms with E-state index in [1.54, 1.807) is 17.4 Å². The molecule has 2 N–H and O–H groups in total. The van der Waals surface area contributed by atoms with Crippen LogP contribution in [0.5, 0.6) is 0 Å². The molecule has 0 radical (unpaired) electrons. The molecule has 0 bridgehead atoms. The summed E-state index contributed by atoms with van der Waals surface area (Å²) < 4.78 is 1.84. The second-order valence-corrected chi connectivity index (χ2v) is 4.22. The summed E-state index contributed by atoms with van der Waals surface area (Å²) in [6.07, 6.45) is 6.76. The van der Waals surface area contributed by atoms with E-state index in [-0.39, 0.29) is 5.91 Å². The van der Waals surface area contributed by atoms with Crippen molar-refractivity contribution in [3.63, 3.8) is 0 Å². The van der Waals surface area contributed by atoms with Gasteiger partial charge in [-0.25, -0.2) is 4.98 Å². The van der Waals surface area contributed by atoms with E-state index >= 15 is 0 Å². The van der Waals surface area contributed by atoms with E-state index in [2.05, 4.69) is 11.9 Å². The maximum Gasteiger partial charge on any atom is 0.273 e. The summed E-state index contributed by atoms with van der Waals surface area (Å²) >= 11 is 0. The Bertz CT molecular complexity index is 348. The molecule has 0 saturated heterocycles. The zero-order valence-corrected chi connectivity index (χ0v) is 10.7. The summed E-state index contributed by atoms with van der Waals surface area (Å²) in [6.45, 7) is 4.18. The summed E-state index contributed by atoms with van der Waals surface area (Å²) in [5.41, 5.74) is 5.94. The Labute approximate surface area is 103 Å². The third kappa shape index (κ3) is 4.19. The van der Waals surface area contributed by atoms with Crippen molar-refractivity contribution in [2.24, 2.45) is 5.73 Å². The number of rotatable bonds is 7. The van der Waals surface area contributed by atoms with Crippen molar-refractivity contribution >= 4 is 5.91 Å². The lowest BCUT2D eigenvalue weighted by Gasteiger charge is -2.15. The first kappa shape index (κ1) is 13.7. The average molecular weight is 238 g/mol. The van der Waals surface area contributed by atoms with Gasteiger partial charge in [-0.05, 0) is 6.42 Å². The van der Waals surface area contributed by atoms with Gasteiger partial charge in [-0.1, -0.05) is 19.8 Å². The van der Waals surface area contributed by atoms with Crippen LogP contribution in [0, 0.1) is 0 Å². The predicted octanol–water partition coefficient (Wildman–Crippen LogP) is 1.10. The van der Waals surface area contributed by atoms with Crippen molar-refractivity contribution in [1.29, 1.82) is 0 Å². The molecule has 5 nitrogen and oxygen atoms in total. The van der Waals surface area contributed by atoms with E-state index in [1.165, 1.54) is 0 Å². The minimum absolute atomic E-state index is 0.0168. The quantitative estimate of drug-likeness (QED) is 0.724. The molecule has 0 spiro atoms. The molecule has 0 aromatic carbocycles. The fraction of sp³-hybridized carbons (Fsp3) is 0.667. The van der Waals surface area contributed by atoms with Gasteiger partial charge in [0.15, 0.2) is 0 Å². The van der Waals surface area contributed by atoms with Crippen molar-refractivity contribution in [2.45, 2.75) is 32.7 Å². The van der Waals surface area contributed by atoms with Crippen LogP contribution in [0.25, 0.3) is 0 Å². The van der Waals surface area contributed by atoms with E-state index < -0.39 is 0 Å². The van der Waals surface area contributed by atoms with Crippen LogP contribution >= 0.6 is 0 Å². The lowest BCUT2D eigenvalue weighted by Crippen LogP contribution is -2.28. The van der Waals surface area contributed by atoms with Gasteiger partial charge in [-0.2, -0.15) is 0 Å². The highest BCUT2D eigenvalue weighted by Crippen LogP contribution is 2.03. The lowest BCUT2D eigenvalue weighted by atomic mass is 10.2. The summed E-state index contributed by atoms with van der Waals surface area (Å²) in [5, 5.41) is 0. The number of aromatic nitrogens is 2. The molecule has 1 heterocycles. The first-order valence-corrected chi connectivity index (χ1v) is 6.16. The number of nitrogens with zero attached hydrogens (tertiary/aromatic N) is 3. The van der Waals surface area contributed by atoms with Crippen molar-refractivity contribution in [3.05, 3.63) is 18.2 Å². The predicted molar refractivity (Wildman–Crippen MR) is 67.8 cm³/mol. The molecular weight excluding hydrogens is 216 g/mol. The Balaban J connectivity index is 2.49. The zero-order valence-electron chi connectivity index (χ0n) is 10.7. The van der Waals surface area contributed by atoms with Gasteiger partial charge >= 0.3 is 0 Å². The molecule has 1 aromatic heterocycles. The molecule has 1 rings (SSSR count). The van der Waals surface area contributed by atoms with Gasteiger partial charge in [-0.3, -0.25) is 4.79 Å². The Hall–Kier alpha value is -1.36. The van der Waals surface area contributed by atoms with Gasteiger partial charge in [0.05, 0.1) is 6.33 Å². The number of hydrogen-bond acceptors (Lipinski definition) is 3. The topological polar surface area (TPSA) is 64.2 Å². The number of unbranched alkanes of at least 4 members (excludes halogenated alkanes) is 2. The van der Waals surface area contributed by atoms with Crippen LogP contribution in [-0.2, 0) is 6.54 Å². The lowest BCUT2D eigenvalue weighted by molar-refractivity contribution is 0.0787. The first-order valence-electron chi connectivity index (χ1n) is 6.16. The van der Waals surface area contributed by atoms with Crippen LogP contribution in [0.3, 0.4) is 0 Å². The molecular formula is C12H22N4O. The molecule has 1 aromatic rings. The number of carbonyl (C=O) groups is 1. The number of carbonyl (C=O) groups excluding carboxylic acids is 1. The fourth-order valence-electron chi connectivity index (χ4n) is 1.64. The summed E-state index contributed by atoms with van der Waals surface area (Å²) in [5.74, 6) is -0.0168. The Morgan fingerprint density at radius 2 is 2.29 bits per heavy atom. The fourth-order valence-corrected chi connectivity index (χ4v) is 1.64. The van der Waals surface area contributed by atoms with Crippen molar-refractivity contribution in [3.8, 4) is 0 Å². The second kappa shape index (κ2) is 7.06. The SMILES string of the molecule is CCCCCN(C)C(=O)c1cn(CCN)cn1. The highest BCUT2D eigenvalue weighted by Gasteiger charge is 2.13. The minimum Gasteiger partial charge on any atom is -0.340 e. The van der Waals surface area contributed by atoms with Gasteiger partial charge in [0, 0.05) is 32.9 Å². The number of imidazole rings is 1. The molecule has 17 heavy (non-hydrogen) atoms. The number of amides is 1. The molecule has 0 fully saturated rings. The molecule has 0 unspecified atom stereocenters. The molecule has 0 aliphatic rings. The zero-order chi connectivity index (χ0) is 12.7. The normalized spacial score (nSPS) is 10.5. The maximum absolute atomic E-state index is 12.0. The molecule has 0 aliphatic heterocycles. The summed E-state index contributed by atoms with van der Waals surface area (Å²) in [4.78, 5) is 17.8. The third-order valence-corrected chi connectivity index (χ3v) is 2.68. The van der Waals surface area contributed by atoms with E-state index in [9.17, 15) is 4.79 Å². The van der Waals surface area contributed by atoms with Crippen LogP contribution in [0.15, 0.2) is 12.5 Å². The van der Waals surface area contributed by atoms with Crippen LogP contribution in [0.1, 0.15) is 36.7 Å². The summed E-state index contributed by atoms with van der Waals surface area (Å²) in [7, 11) is 1.82. The molecule has 5 heteroatoms. The smallest absolute Gasteiger partial charge is 0.273 e.